The van der Waals surface area contributed by atoms with Crippen LogP contribution in [0.3, 0.4) is 0 Å². The van der Waals surface area contributed by atoms with E-state index in [1.165, 1.54) is 6.42 Å². The van der Waals surface area contributed by atoms with E-state index in [1.54, 1.807) is 0 Å². The maximum Gasteiger partial charge on any atom is 0.140 e. The minimum absolute atomic E-state index is 0.307. The average Bonchev–Trinajstić information content (AvgIpc) is 2.31. The molecule has 3 atom stereocenters. The Balaban J connectivity index is 2.45. The van der Waals surface area contributed by atoms with Gasteiger partial charge in [0.25, 0.3) is 0 Å². The summed E-state index contributed by atoms with van der Waals surface area (Å²) in [5.74, 6) is 0.958. The fraction of sp³-hybridized carbons (Fsp3) is 0.917. The molecule has 0 aromatic heterocycles. The summed E-state index contributed by atoms with van der Waals surface area (Å²) in [5.41, 5.74) is 5.56. The maximum atomic E-state index is 8.60. The van der Waals surface area contributed by atoms with Gasteiger partial charge in [-0.15, -0.1) is 0 Å². The number of amidine groups is 1. The summed E-state index contributed by atoms with van der Waals surface area (Å²) in [5, 5.41) is 15.3. The number of nitrogens with one attached hydrogen (secondary N) is 1. The Hall–Kier alpha value is -0.810. The molecule has 17 heavy (non-hydrogen) atoms. The predicted octanol–water partition coefficient (Wildman–Crippen LogP) is 0.831. The molecule has 5 nitrogen and oxygen atoms in total. The van der Waals surface area contributed by atoms with Gasteiger partial charge in [0.15, 0.2) is 0 Å². The van der Waals surface area contributed by atoms with E-state index in [0.717, 1.165) is 19.5 Å². The van der Waals surface area contributed by atoms with Gasteiger partial charge in [0.05, 0.1) is 0 Å². The van der Waals surface area contributed by atoms with Crippen molar-refractivity contribution in [2.24, 2.45) is 16.8 Å². The second kappa shape index (κ2) is 6.81. The Kier molecular flexibility index (Phi) is 5.71. The van der Waals surface area contributed by atoms with Gasteiger partial charge in [-0.3, -0.25) is 0 Å². The quantitative estimate of drug-likeness (QED) is 0.289. The molecule has 3 unspecified atom stereocenters. The topological polar surface area (TPSA) is 73.9 Å². The Morgan fingerprint density at radius 1 is 1.65 bits per heavy atom. The van der Waals surface area contributed by atoms with Gasteiger partial charge in [-0.25, -0.2) is 0 Å². The fourth-order valence-electron chi connectivity index (χ4n) is 2.52. The van der Waals surface area contributed by atoms with Crippen molar-refractivity contribution in [3.05, 3.63) is 0 Å². The zero-order valence-corrected chi connectivity index (χ0v) is 11.2. The van der Waals surface area contributed by atoms with Crippen molar-refractivity contribution in [1.82, 2.24) is 10.2 Å². The van der Waals surface area contributed by atoms with E-state index in [0.29, 0.717) is 30.3 Å². The standard InChI is InChI=1S/C12H26N4O/c1-4-10(7-12(13)15-17)14-11-5-6-16(3)8-9(11)2/h9-11,14,17H,4-8H2,1-3H3,(H2,13,15). The van der Waals surface area contributed by atoms with Crippen molar-refractivity contribution in [1.29, 1.82) is 0 Å². The molecule has 0 aromatic rings. The number of rotatable bonds is 5. The summed E-state index contributed by atoms with van der Waals surface area (Å²) in [6.45, 7) is 6.69. The number of likely N-dealkylation sites (tertiary alicyclic amines) is 1. The molecule has 1 heterocycles. The van der Waals surface area contributed by atoms with Crippen LogP contribution in [-0.4, -0.2) is 48.2 Å². The first-order valence-electron chi connectivity index (χ1n) is 6.47. The Bertz CT molecular complexity index is 257. The van der Waals surface area contributed by atoms with Crippen molar-refractivity contribution in [3.63, 3.8) is 0 Å². The fourth-order valence-corrected chi connectivity index (χ4v) is 2.52. The molecule has 0 bridgehead atoms. The lowest BCUT2D eigenvalue weighted by Gasteiger charge is -2.37. The summed E-state index contributed by atoms with van der Waals surface area (Å²) in [6.07, 6.45) is 2.78. The highest BCUT2D eigenvalue weighted by Gasteiger charge is 2.25. The van der Waals surface area contributed by atoms with E-state index in [9.17, 15) is 0 Å². The van der Waals surface area contributed by atoms with Gasteiger partial charge < -0.3 is 21.2 Å². The molecule has 1 saturated heterocycles. The number of piperidine rings is 1. The molecular weight excluding hydrogens is 216 g/mol. The van der Waals surface area contributed by atoms with Crippen LogP contribution in [-0.2, 0) is 0 Å². The molecule has 0 aliphatic carbocycles. The molecule has 0 amide bonds. The largest absolute Gasteiger partial charge is 0.409 e. The van der Waals surface area contributed by atoms with Crippen LogP contribution in [0.15, 0.2) is 5.16 Å². The first kappa shape index (κ1) is 14.3. The van der Waals surface area contributed by atoms with Crippen molar-refractivity contribution in [2.45, 2.75) is 45.2 Å². The number of nitrogens with two attached hydrogens (primary N) is 1. The Labute approximate surface area is 104 Å². The minimum atomic E-state index is 0.307. The van der Waals surface area contributed by atoms with E-state index >= 15 is 0 Å². The molecule has 100 valence electrons. The molecule has 1 rings (SSSR count). The van der Waals surface area contributed by atoms with Gasteiger partial charge in [-0.1, -0.05) is 19.0 Å². The minimum Gasteiger partial charge on any atom is -0.409 e. The summed E-state index contributed by atoms with van der Waals surface area (Å²) in [4.78, 5) is 2.37. The second-order valence-electron chi connectivity index (χ2n) is 5.20. The average molecular weight is 242 g/mol. The third kappa shape index (κ3) is 4.52. The van der Waals surface area contributed by atoms with Gasteiger partial charge in [-0.05, 0) is 32.4 Å². The number of hydrogen-bond acceptors (Lipinski definition) is 4. The van der Waals surface area contributed by atoms with Crippen LogP contribution in [0, 0.1) is 5.92 Å². The molecule has 0 spiro atoms. The van der Waals surface area contributed by atoms with E-state index in [1.807, 2.05) is 0 Å². The highest BCUT2D eigenvalue weighted by Crippen LogP contribution is 2.17. The van der Waals surface area contributed by atoms with Gasteiger partial charge in [0.2, 0.25) is 0 Å². The van der Waals surface area contributed by atoms with E-state index in [-0.39, 0.29) is 0 Å². The highest BCUT2D eigenvalue weighted by atomic mass is 16.4. The zero-order chi connectivity index (χ0) is 12.8. The second-order valence-corrected chi connectivity index (χ2v) is 5.20. The SMILES string of the molecule is CCC(CC(N)=NO)NC1CCN(C)CC1C. The molecule has 1 aliphatic heterocycles. The van der Waals surface area contributed by atoms with Gasteiger partial charge in [0.1, 0.15) is 5.84 Å². The van der Waals surface area contributed by atoms with Gasteiger partial charge >= 0.3 is 0 Å². The summed E-state index contributed by atoms with van der Waals surface area (Å²) in [6, 6.07) is 0.851. The Morgan fingerprint density at radius 3 is 2.88 bits per heavy atom. The molecule has 0 aromatic carbocycles. The lowest BCUT2D eigenvalue weighted by Crippen LogP contribution is -2.50. The lowest BCUT2D eigenvalue weighted by molar-refractivity contribution is 0.165. The summed E-state index contributed by atoms with van der Waals surface area (Å²) >= 11 is 0. The zero-order valence-electron chi connectivity index (χ0n) is 11.2. The van der Waals surface area contributed by atoms with Crippen LogP contribution in [0.4, 0.5) is 0 Å². The van der Waals surface area contributed by atoms with Gasteiger partial charge in [-0.2, -0.15) is 0 Å². The lowest BCUT2D eigenvalue weighted by atomic mass is 9.93. The van der Waals surface area contributed by atoms with E-state index < -0.39 is 0 Å². The third-order valence-electron chi connectivity index (χ3n) is 3.63. The molecule has 5 heteroatoms. The number of hydrogen-bond donors (Lipinski definition) is 3. The molecule has 1 fully saturated rings. The maximum absolute atomic E-state index is 8.60. The molecule has 4 N–H and O–H groups in total. The molecular formula is C12H26N4O. The van der Waals surface area contributed by atoms with Crippen molar-refractivity contribution in [3.8, 4) is 0 Å². The van der Waals surface area contributed by atoms with E-state index in [4.69, 9.17) is 10.9 Å². The Morgan fingerprint density at radius 2 is 2.35 bits per heavy atom. The number of nitrogens with zero attached hydrogens (tertiary/aromatic N) is 2. The normalized spacial score (nSPS) is 29.2. The van der Waals surface area contributed by atoms with Crippen molar-refractivity contribution in [2.75, 3.05) is 20.1 Å². The summed E-state index contributed by atoms with van der Waals surface area (Å²) < 4.78 is 0. The van der Waals surface area contributed by atoms with Crippen molar-refractivity contribution < 1.29 is 5.21 Å². The monoisotopic (exact) mass is 242 g/mol. The van der Waals surface area contributed by atoms with Crippen LogP contribution in [0.2, 0.25) is 0 Å². The first-order chi connectivity index (χ1) is 8.06. The predicted molar refractivity (Wildman–Crippen MR) is 70.3 cm³/mol. The summed E-state index contributed by atoms with van der Waals surface area (Å²) in [7, 11) is 2.17. The number of oxime groups is 1. The van der Waals surface area contributed by atoms with Crippen LogP contribution < -0.4 is 11.1 Å². The van der Waals surface area contributed by atoms with Crippen LogP contribution in [0.5, 0.6) is 0 Å². The molecule has 0 radical (unpaired) electrons. The van der Waals surface area contributed by atoms with Gasteiger partial charge in [0, 0.05) is 25.0 Å². The molecule has 0 saturated carbocycles. The smallest absolute Gasteiger partial charge is 0.140 e. The van der Waals surface area contributed by atoms with Crippen LogP contribution in [0.25, 0.3) is 0 Å². The molecule has 1 aliphatic rings. The van der Waals surface area contributed by atoms with Crippen LogP contribution in [0.1, 0.15) is 33.1 Å². The first-order valence-corrected chi connectivity index (χ1v) is 6.47. The van der Waals surface area contributed by atoms with Crippen LogP contribution >= 0.6 is 0 Å². The third-order valence-corrected chi connectivity index (χ3v) is 3.63. The van der Waals surface area contributed by atoms with Crippen molar-refractivity contribution >= 4 is 5.84 Å². The van der Waals surface area contributed by atoms with E-state index in [2.05, 4.69) is 36.3 Å². The highest BCUT2D eigenvalue weighted by molar-refractivity contribution is 5.80.